The van der Waals surface area contributed by atoms with Crippen molar-refractivity contribution < 1.29 is 4.74 Å². The molecule has 1 aliphatic heterocycles. The molecule has 2 atom stereocenters. The van der Waals surface area contributed by atoms with E-state index in [1.165, 1.54) is 0 Å². The van der Waals surface area contributed by atoms with Crippen LogP contribution in [0.25, 0.3) is 0 Å². The SMILES string of the molecule is C=CC(Cl)C/C=C1\CO[C@H](C)CN1. The molecule has 1 fully saturated rings. The lowest BCUT2D eigenvalue weighted by Gasteiger charge is -2.23. The fourth-order valence-corrected chi connectivity index (χ4v) is 1.19. The van der Waals surface area contributed by atoms with Crippen molar-refractivity contribution in [3.63, 3.8) is 0 Å². The van der Waals surface area contributed by atoms with Crippen molar-refractivity contribution in [1.29, 1.82) is 0 Å². The summed E-state index contributed by atoms with van der Waals surface area (Å²) in [7, 11) is 0. The first kappa shape index (κ1) is 10.6. The number of allylic oxidation sites excluding steroid dienone is 2. The Bertz CT molecular complexity index is 193. The molecule has 1 rings (SSSR count). The summed E-state index contributed by atoms with van der Waals surface area (Å²) in [6.45, 7) is 7.23. The van der Waals surface area contributed by atoms with Crippen LogP contribution in [0.5, 0.6) is 0 Å². The summed E-state index contributed by atoms with van der Waals surface area (Å²) in [5, 5.41) is 3.31. The summed E-state index contributed by atoms with van der Waals surface area (Å²) < 4.78 is 5.46. The van der Waals surface area contributed by atoms with Crippen LogP contribution in [0.2, 0.25) is 0 Å². The molecule has 0 amide bonds. The molecule has 0 aromatic carbocycles. The maximum atomic E-state index is 5.88. The highest BCUT2D eigenvalue weighted by atomic mass is 35.5. The fraction of sp³-hybridized carbons (Fsp3) is 0.600. The van der Waals surface area contributed by atoms with Gasteiger partial charge in [0.15, 0.2) is 0 Å². The predicted molar refractivity (Wildman–Crippen MR) is 56.0 cm³/mol. The largest absolute Gasteiger partial charge is 0.384 e. The summed E-state index contributed by atoms with van der Waals surface area (Å²) in [6.07, 6.45) is 4.93. The first-order chi connectivity index (χ1) is 6.22. The van der Waals surface area contributed by atoms with Crippen molar-refractivity contribution in [2.24, 2.45) is 0 Å². The summed E-state index contributed by atoms with van der Waals surface area (Å²) in [4.78, 5) is 0. The number of alkyl halides is 1. The average molecular weight is 202 g/mol. The van der Waals surface area contributed by atoms with E-state index in [4.69, 9.17) is 16.3 Å². The highest BCUT2D eigenvalue weighted by molar-refractivity contribution is 6.21. The monoisotopic (exact) mass is 201 g/mol. The lowest BCUT2D eigenvalue weighted by molar-refractivity contribution is 0.0598. The minimum absolute atomic E-state index is 0.0219. The Kier molecular flexibility index (Phi) is 4.33. The normalized spacial score (nSPS) is 28.2. The van der Waals surface area contributed by atoms with Crippen molar-refractivity contribution in [2.75, 3.05) is 13.2 Å². The van der Waals surface area contributed by atoms with Crippen LogP contribution in [0.3, 0.4) is 0 Å². The molecule has 0 spiro atoms. The second kappa shape index (κ2) is 5.30. The van der Waals surface area contributed by atoms with Gasteiger partial charge in [-0.2, -0.15) is 0 Å². The summed E-state index contributed by atoms with van der Waals surface area (Å²) in [5.74, 6) is 0. The molecule has 74 valence electrons. The van der Waals surface area contributed by atoms with Crippen LogP contribution in [0, 0.1) is 0 Å². The first-order valence-electron chi connectivity index (χ1n) is 4.53. The van der Waals surface area contributed by atoms with Gasteiger partial charge in [0, 0.05) is 12.2 Å². The van der Waals surface area contributed by atoms with Crippen LogP contribution >= 0.6 is 11.6 Å². The third kappa shape index (κ3) is 3.83. The Hall–Kier alpha value is -0.470. The van der Waals surface area contributed by atoms with Gasteiger partial charge in [-0.15, -0.1) is 18.2 Å². The third-order valence-corrected chi connectivity index (χ3v) is 2.34. The van der Waals surface area contributed by atoms with E-state index in [1.54, 1.807) is 6.08 Å². The van der Waals surface area contributed by atoms with Crippen LogP contribution in [0.4, 0.5) is 0 Å². The Labute approximate surface area is 84.6 Å². The number of ether oxygens (including phenoxy) is 1. The molecular formula is C10H16ClNO. The highest BCUT2D eigenvalue weighted by Crippen LogP contribution is 2.08. The van der Waals surface area contributed by atoms with Gasteiger partial charge in [0.2, 0.25) is 0 Å². The van der Waals surface area contributed by atoms with E-state index in [-0.39, 0.29) is 5.38 Å². The van der Waals surface area contributed by atoms with Gasteiger partial charge < -0.3 is 10.1 Å². The quantitative estimate of drug-likeness (QED) is 0.558. The molecule has 2 nitrogen and oxygen atoms in total. The molecule has 1 unspecified atom stereocenters. The predicted octanol–water partition coefficient (Wildman–Crippen LogP) is 2.06. The number of hydrogen-bond acceptors (Lipinski definition) is 2. The Balaban J connectivity index is 2.31. The van der Waals surface area contributed by atoms with Crippen molar-refractivity contribution in [1.82, 2.24) is 5.32 Å². The summed E-state index contributed by atoms with van der Waals surface area (Å²) >= 11 is 5.88. The topological polar surface area (TPSA) is 21.3 Å². The standard InChI is InChI=1S/C10H16ClNO/c1-3-9(11)4-5-10-7-13-8(2)6-12-10/h3,5,8-9,12H,1,4,6-7H2,2H3/b10-5+/t8-,9?/m1/s1. The molecule has 3 heteroatoms. The summed E-state index contributed by atoms with van der Waals surface area (Å²) in [5.41, 5.74) is 1.13. The number of morpholine rings is 1. The van der Waals surface area contributed by atoms with E-state index in [0.29, 0.717) is 12.7 Å². The van der Waals surface area contributed by atoms with Gasteiger partial charge in [0.05, 0.1) is 18.1 Å². The number of rotatable bonds is 3. The molecule has 0 bridgehead atoms. The van der Waals surface area contributed by atoms with Crippen LogP contribution in [-0.4, -0.2) is 24.6 Å². The van der Waals surface area contributed by atoms with E-state index in [9.17, 15) is 0 Å². The van der Waals surface area contributed by atoms with Gasteiger partial charge in [-0.3, -0.25) is 0 Å². The van der Waals surface area contributed by atoms with Crippen molar-refractivity contribution >= 4 is 11.6 Å². The molecule has 1 aliphatic rings. The highest BCUT2D eigenvalue weighted by Gasteiger charge is 2.10. The zero-order valence-electron chi connectivity index (χ0n) is 7.92. The van der Waals surface area contributed by atoms with Gasteiger partial charge in [-0.1, -0.05) is 12.2 Å². The number of halogens is 1. The van der Waals surface area contributed by atoms with E-state index < -0.39 is 0 Å². The maximum absolute atomic E-state index is 5.88. The molecular weight excluding hydrogens is 186 g/mol. The summed E-state index contributed by atoms with van der Waals surface area (Å²) in [6, 6.07) is 0. The van der Waals surface area contributed by atoms with Gasteiger partial charge in [-0.05, 0) is 13.3 Å². The number of hydrogen-bond donors (Lipinski definition) is 1. The molecule has 1 saturated heterocycles. The van der Waals surface area contributed by atoms with Crippen molar-refractivity contribution in [3.05, 3.63) is 24.4 Å². The van der Waals surface area contributed by atoms with Crippen molar-refractivity contribution in [2.45, 2.75) is 24.8 Å². The molecule has 0 aromatic heterocycles. The lowest BCUT2D eigenvalue weighted by Crippen LogP contribution is -2.35. The lowest BCUT2D eigenvalue weighted by atomic mass is 10.2. The van der Waals surface area contributed by atoms with E-state index in [0.717, 1.165) is 18.7 Å². The third-order valence-electron chi connectivity index (χ3n) is 1.99. The number of nitrogens with one attached hydrogen (secondary N) is 1. The average Bonchev–Trinajstić information content (AvgIpc) is 2.16. The molecule has 1 heterocycles. The minimum atomic E-state index is 0.0219. The van der Waals surface area contributed by atoms with Crippen LogP contribution in [-0.2, 0) is 4.74 Å². The van der Waals surface area contributed by atoms with Crippen LogP contribution in [0.15, 0.2) is 24.4 Å². The minimum Gasteiger partial charge on any atom is -0.384 e. The smallest absolute Gasteiger partial charge is 0.0863 e. The maximum Gasteiger partial charge on any atom is 0.0863 e. The second-order valence-electron chi connectivity index (χ2n) is 3.22. The van der Waals surface area contributed by atoms with Crippen molar-refractivity contribution in [3.8, 4) is 0 Å². The molecule has 1 N–H and O–H groups in total. The molecule has 0 aliphatic carbocycles. The van der Waals surface area contributed by atoms with Crippen LogP contribution in [0.1, 0.15) is 13.3 Å². The molecule has 13 heavy (non-hydrogen) atoms. The van der Waals surface area contributed by atoms with Gasteiger partial charge in [0.25, 0.3) is 0 Å². The van der Waals surface area contributed by atoms with Gasteiger partial charge in [0.1, 0.15) is 0 Å². The van der Waals surface area contributed by atoms with E-state index in [1.807, 2.05) is 0 Å². The molecule has 0 aromatic rings. The molecule has 0 saturated carbocycles. The van der Waals surface area contributed by atoms with Gasteiger partial charge in [-0.25, -0.2) is 0 Å². The zero-order valence-corrected chi connectivity index (χ0v) is 8.68. The Morgan fingerprint density at radius 3 is 3.15 bits per heavy atom. The van der Waals surface area contributed by atoms with Crippen LogP contribution < -0.4 is 5.32 Å². The first-order valence-corrected chi connectivity index (χ1v) is 4.97. The zero-order chi connectivity index (χ0) is 9.68. The second-order valence-corrected chi connectivity index (χ2v) is 3.78. The molecule has 0 radical (unpaired) electrons. The van der Waals surface area contributed by atoms with E-state index in [2.05, 4.69) is 24.9 Å². The fourth-order valence-electron chi connectivity index (χ4n) is 1.10. The van der Waals surface area contributed by atoms with Gasteiger partial charge >= 0.3 is 0 Å². The Morgan fingerprint density at radius 1 is 1.85 bits per heavy atom. The Morgan fingerprint density at radius 2 is 2.62 bits per heavy atom. The van der Waals surface area contributed by atoms with E-state index >= 15 is 0 Å².